The molecule has 0 radical (unpaired) electrons. The summed E-state index contributed by atoms with van der Waals surface area (Å²) >= 11 is 5.94. The number of rotatable bonds is 2. The number of pyridine rings is 1. The number of benzene rings is 1. The number of nitrogen functional groups attached to an aromatic ring is 1. The number of halogens is 2. The van der Waals surface area contributed by atoms with Crippen molar-refractivity contribution in [3.63, 3.8) is 0 Å². The Labute approximate surface area is 144 Å². The first-order valence-electron chi connectivity index (χ1n) is 7.53. The van der Waals surface area contributed by atoms with Gasteiger partial charge in [0.15, 0.2) is 0 Å². The molecule has 0 spiro atoms. The molecule has 1 saturated heterocycles. The van der Waals surface area contributed by atoms with Gasteiger partial charge < -0.3 is 15.4 Å². The van der Waals surface area contributed by atoms with E-state index in [2.05, 4.69) is 4.98 Å². The molecule has 5 nitrogen and oxygen atoms in total. The van der Waals surface area contributed by atoms with E-state index in [-0.39, 0.29) is 28.7 Å². The minimum Gasteiger partial charge on any atom is -0.382 e. The van der Waals surface area contributed by atoms with E-state index in [9.17, 15) is 9.18 Å². The molecule has 1 aromatic carbocycles. The zero-order valence-electron chi connectivity index (χ0n) is 13.1. The molecule has 1 aliphatic heterocycles. The molecule has 7 heteroatoms. The summed E-state index contributed by atoms with van der Waals surface area (Å²) in [6, 6.07) is 6.36. The topological polar surface area (TPSA) is 68.5 Å². The van der Waals surface area contributed by atoms with E-state index < -0.39 is 0 Å². The van der Waals surface area contributed by atoms with E-state index in [1.807, 2.05) is 0 Å². The van der Waals surface area contributed by atoms with E-state index >= 15 is 0 Å². The number of ether oxygens (including phenoxy) is 1. The van der Waals surface area contributed by atoms with Crippen molar-refractivity contribution in [2.75, 3.05) is 25.4 Å². The number of carbonyl (C=O) groups excluding carboxylic acids is 1. The Morgan fingerprint density at radius 1 is 1.46 bits per heavy atom. The highest BCUT2D eigenvalue weighted by Gasteiger charge is 2.27. The Morgan fingerprint density at radius 2 is 2.25 bits per heavy atom. The SMILES string of the molecule is Cc1cc([C@@H]2CN(C(=O)c3cnc(N)c(Cl)c3)CCO2)ccc1F. The second-order valence-electron chi connectivity index (χ2n) is 5.71. The van der Waals surface area contributed by atoms with Crippen molar-refractivity contribution < 1.29 is 13.9 Å². The monoisotopic (exact) mass is 349 g/mol. The Bertz CT molecular complexity index is 784. The van der Waals surface area contributed by atoms with Crippen molar-refractivity contribution in [1.29, 1.82) is 0 Å². The smallest absolute Gasteiger partial charge is 0.255 e. The van der Waals surface area contributed by atoms with Gasteiger partial charge in [0.1, 0.15) is 17.7 Å². The molecule has 0 saturated carbocycles. The lowest BCUT2D eigenvalue weighted by Gasteiger charge is -2.33. The van der Waals surface area contributed by atoms with E-state index in [0.29, 0.717) is 30.8 Å². The number of hydrogen-bond donors (Lipinski definition) is 1. The standard InChI is InChI=1S/C17H17ClFN3O2/c1-10-6-11(2-3-14(10)19)15-9-22(4-5-24-15)17(23)12-7-13(18)16(20)21-8-12/h2-3,6-8,15H,4-5,9H2,1H3,(H2,20,21)/t15-/m0/s1. The molecule has 126 valence electrons. The van der Waals surface area contributed by atoms with Gasteiger partial charge in [0, 0.05) is 12.7 Å². The minimum atomic E-state index is -0.292. The number of amides is 1. The van der Waals surface area contributed by atoms with E-state index in [1.54, 1.807) is 24.0 Å². The molecule has 0 aliphatic carbocycles. The van der Waals surface area contributed by atoms with Crippen molar-refractivity contribution in [2.45, 2.75) is 13.0 Å². The zero-order chi connectivity index (χ0) is 17.3. The van der Waals surface area contributed by atoms with Crippen molar-refractivity contribution in [3.05, 3.63) is 58.0 Å². The van der Waals surface area contributed by atoms with Crippen LogP contribution in [0.3, 0.4) is 0 Å². The fourth-order valence-electron chi connectivity index (χ4n) is 2.65. The van der Waals surface area contributed by atoms with Crippen LogP contribution in [0.2, 0.25) is 5.02 Å². The lowest BCUT2D eigenvalue weighted by atomic mass is 10.0. The first-order chi connectivity index (χ1) is 11.5. The molecular formula is C17H17ClFN3O2. The fourth-order valence-corrected chi connectivity index (χ4v) is 2.82. The van der Waals surface area contributed by atoms with Crippen LogP contribution in [-0.4, -0.2) is 35.5 Å². The molecule has 2 heterocycles. The fraction of sp³-hybridized carbons (Fsp3) is 0.294. The summed E-state index contributed by atoms with van der Waals surface area (Å²) < 4.78 is 19.2. The van der Waals surface area contributed by atoms with Gasteiger partial charge >= 0.3 is 0 Å². The van der Waals surface area contributed by atoms with Crippen LogP contribution in [0.5, 0.6) is 0 Å². The van der Waals surface area contributed by atoms with Crippen LogP contribution in [-0.2, 0) is 4.74 Å². The molecule has 0 unspecified atom stereocenters. The lowest BCUT2D eigenvalue weighted by molar-refractivity contribution is -0.0228. The highest BCUT2D eigenvalue weighted by atomic mass is 35.5. The molecule has 1 fully saturated rings. The van der Waals surface area contributed by atoms with Gasteiger partial charge in [-0.3, -0.25) is 4.79 Å². The third kappa shape index (κ3) is 3.34. The van der Waals surface area contributed by atoms with E-state index in [1.165, 1.54) is 18.3 Å². The van der Waals surface area contributed by atoms with Crippen molar-refractivity contribution >= 4 is 23.3 Å². The summed E-state index contributed by atoms with van der Waals surface area (Å²) in [7, 11) is 0. The number of morpholine rings is 1. The number of aryl methyl sites for hydroxylation is 1. The van der Waals surface area contributed by atoms with Crippen LogP contribution in [0, 0.1) is 12.7 Å². The maximum atomic E-state index is 13.4. The number of carbonyl (C=O) groups is 1. The Balaban J connectivity index is 1.78. The number of hydrogen-bond acceptors (Lipinski definition) is 4. The summed E-state index contributed by atoms with van der Waals surface area (Å²) in [4.78, 5) is 18.2. The summed E-state index contributed by atoms with van der Waals surface area (Å²) in [5.74, 6) is -0.253. The Kier molecular flexibility index (Phi) is 4.69. The predicted molar refractivity (Wildman–Crippen MR) is 89.4 cm³/mol. The summed E-state index contributed by atoms with van der Waals surface area (Å²) in [5.41, 5.74) is 7.35. The normalized spacial score (nSPS) is 17.8. The summed E-state index contributed by atoms with van der Waals surface area (Å²) in [6.07, 6.45) is 1.12. The molecule has 0 bridgehead atoms. The molecule has 3 rings (SSSR count). The highest BCUT2D eigenvalue weighted by molar-refractivity contribution is 6.33. The maximum absolute atomic E-state index is 13.4. The van der Waals surface area contributed by atoms with Gasteiger partial charge in [-0.15, -0.1) is 0 Å². The van der Waals surface area contributed by atoms with Gasteiger partial charge in [-0.1, -0.05) is 23.7 Å². The maximum Gasteiger partial charge on any atom is 0.255 e. The average molecular weight is 350 g/mol. The molecular weight excluding hydrogens is 333 g/mol. The largest absolute Gasteiger partial charge is 0.382 e. The van der Waals surface area contributed by atoms with Gasteiger partial charge in [-0.05, 0) is 30.2 Å². The Hall–Kier alpha value is -2.18. The highest BCUT2D eigenvalue weighted by Crippen LogP contribution is 2.25. The van der Waals surface area contributed by atoms with Crippen LogP contribution in [0.25, 0.3) is 0 Å². The second kappa shape index (κ2) is 6.75. The quantitative estimate of drug-likeness (QED) is 0.905. The summed E-state index contributed by atoms with van der Waals surface area (Å²) in [6.45, 7) is 2.96. The van der Waals surface area contributed by atoms with Crippen LogP contribution in [0.15, 0.2) is 30.5 Å². The van der Waals surface area contributed by atoms with Crippen LogP contribution < -0.4 is 5.73 Å². The van der Waals surface area contributed by atoms with Gasteiger partial charge in [-0.25, -0.2) is 9.37 Å². The number of anilines is 1. The second-order valence-corrected chi connectivity index (χ2v) is 6.12. The first kappa shape index (κ1) is 16.7. The van der Waals surface area contributed by atoms with E-state index in [4.69, 9.17) is 22.1 Å². The molecule has 2 N–H and O–H groups in total. The zero-order valence-corrected chi connectivity index (χ0v) is 13.9. The minimum absolute atomic E-state index is 0.184. The lowest BCUT2D eigenvalue weighted by Crippen LogP contribution is -2.42. The van der Waals surface area contributed by atoms with Crippen molar-refractivity contribution in [1.82, 2.24) is 9.88 Å². The van der Waals surface area contributed by atoms with Crippen LogP contribution >= 0.6 is 11.6 Å². The van der Waals surface area contributed by atoms with E-state index in [0.717, 1.165) is 5.56 Å². The molecule has 2 aromatic rings. The Morgan fingerprint density at radius 3 is 2.96 bits per heavy atom. The predicted octanol–water partition coefficient (Wildman–Crippen LogP) is 2.98. The summed E-state index contributed by atoms with van der Waals surface area (Å²) in [5, 5.41) is 0.250. The van der Waals surface area contributed by atoms with Crippen molar-refractivity contribution in [3.8, 4) is 0 Å². The third-order valence-corrected chi connectivity index (χ3v) is 4.33. The van der Waals surface area contributed by atoms with Gasteiger partial charge in [0.05, 0.1) is 23.7 Å². The molecule has 1 atom stereocenters. The molecule has 24 heavy (non-hydrogen) atoms. The molecule has 1 aliphatic rings. The van der Waals surface area contributed by atoms with Gasteiger partial charge in [0.25, 0.3) is 5.91 Å². The third-order valence-electron chi connectivity index (χ3n) is 4.02. The number of aromatic nitrogens is 1. The number of nitrogens with two attached hydrogens (primary N) is 1. The van der Waals surface area contributed by atoms with Crippen molar-refractivity contribution in [2.24, 2.45) is 0 Å². The first-order valence-corrected chi connectivity index (χ1v) is 7.91. The average Bonchev–Trinajstić information content (AvgIpc) is 2.59. The van der Waals surface area contributed by atoms with Gasteiger partial charge in [0.2, 0.25) is 0 Å². The number of nitrogens with zero attached hydrogens (tertiary/aromatic N) is 2. The molecule has 1 amide bonds. The molecule has 1 aromatic heterocycles. The van der Waals surface area contributed by atoms with Crippen LogP contribution in [0.4, 0.5) is 10.2 Å². The van der Waals surface area contributed by atoms with Crippen LogP contribution in [0.1, 0.15) is 27.6 Å². The van der Waals surface area contributed by atoms with Gasteiger partial charge in [-0.2, -0.15) is 0 Å².